The minimum atomic E-state index is -0.633. The minimum Gasteiger partial charge on any atom is -0.360 e. The van der Waals surface area contributed by atoms with Crippen molar-refractivity contribution in [3.8, 4) is 0 Å². The molecule has 1 amide bonds. The van der Waals surface area contributed by atoms with Crippen LogP contribution < -0.4 is 5.32 Å². The van der Waals surface area contributed by atoms with Gasteiger partial charge in [0.2, 0.25) is 5.91 Å². The summed E-state index contributed by atoms with van der Waals surface area (Å²) in [6.07, 6.45) is 0. The van der Waals surface area contributed by atoms with Gasteiger partial charge in [0.05, 0.1) is 6.04 Å². The molecule has 1 N–H and O–H groups in total. The van der Waals surface area contributed by atoms with Gasteiger partial charge in [-0.2, -0.15) is 0 Å². The number of nitrogens with zero attached hydrogens (tertiary/aromatic N) is 2. The van der Waals surface area contributed by atoms with Crippen LogP contribution in [-0.4, -0.2) is 29.1 Å². The van der Waals surface area contributed by atoms with E-state index in [1.54, 1.807) is 31.9 Å². The van der Waals surface area contributed by atoms with Gasteiger partial charge >= 0.3 is 0 Å². The van der Waals surface area contributed by atoms with Gasteiger partial charge in [-0.3, -0.25) is 9.69 Å². The Labute approximate surface area is 126 Å². The first-order valence-corrected chi connectivity index (χ1v) is 6.75. The fourth-order valence-electron chi connectivity index (χ4n) is 1.91. The van der Waals surface area contributed by atoms with Crippen LogP contribution in [0.4, 0.5) is 14.6 Å². The number of rotatable bonds is 5. The molecule has 0 aliphatic rings. The molecule has 1 aromatic heterocycles. The average molecular weight is 309 g/mol. The second kappa shape index (κ2) is 6.65. The van der Waals surface area contributed by atoms with E-state index in [9.17, 15) is 13.6 Å². The molecule has 0 saturated carbocycles. The molecular weight excluding hydrogens is 292 g/mol. The number of nitrogens with one attached hydrogen (secondary N) is 1. The Balaban J connectivity index is 1.98. The van der Waals surface area contributed by atoms with Crippen LogP contribution in [0, 0.1) is 18.6 Å². The normalized spacial score (nSPS) is 12.5. The lowest BCUT2D eigenvalue weighted by Gasteiger charge is -2.23. The maximum absolute atomic E-state index is 13.6. The molecule has 0 radical (unpaired) electrons. The third-order valence-electron chi connectivity index (χ3n) is 3.35. The zero-order valence-electron chi connectivity index (χ0n) is 12.6. The molecule has 0 bridgehead atoms. The first kappa shape index (κ1) is 16.1. The molecule has 7 heteroatoms. The summed E-state index contributed by atoms with van der Waals surface area (Å²) in [5.41, 5.74) is 0.320. The number of amides is 1. The molecule has 0 saturated heterocycles. The third-order valence-corrected chi connectivity index (χ3v) is 3.35. The molecule has 0 aliphatic heterocycles. The summed E-state index contributed by atoms with van der Waals surface area (Å²) in [6, 6.07) is 4.46. The number of aryl methyl sites for hydroxylation is 1. The van der Waals surface area contributed by atoms with Crippen molar-refractivity contribution >= 4 is 11.7 Å². The van der Waals surface area contributed by atoms with Crippen molar-refractivity contribution in [2.45, 2.75) is 26.4 Å². The van der Waals surface area contributed by atoms with E-state index in [2.05, 4.69) is 10.5 Å². The number of hydrogen-bond acceptors (Lipinski definition) is 4. The van der Waals surface area contributed by atoms with Crippen LogP contribution in [-0.2, 0) is 11.3 Å². The first-order valence-electron chi connectivity index (χ1n) is 6.75. The van der Waals surface area contributed by atoms with Gasteiger partial charge in [0, 0.05) is 24.2 Å². The highest BCUT2D eigenvalue weighted by atomic mass is 19.1. The summed E-state index contributed by atoms with van der Waals surface area (Å²) in [4.78, 5) is 13.8. The monoisotopic (exact) mass is 309 g/mol. The zero-order chi connectivity index (χ0) is 16.3. The maximum Gasteiger partial charge on any atom is 0.242 e. The van der Waals surface area contributed by atoms with Crippen LogP contribution in [0.3, 0.4) is 0 Å². The van der Waals surface area contributed by atoms with Crippen LogP contribution in [0.25, 0.3) is 0 Å². The quantitative estimate of drug-likeness (QED) is 0.922. The van der Waals surface area contributed by atoms with Gasteiger partial charge < -0.3 is 9.84 Å². The molecule has 1 heterocycles. The molecule has 5 nitrogen and oxygen atoms in total. The molecule has 22 heavy (non-hydrogen) atoms. The minimum absolute atomic E-state index is 0.179. The van der Waals surface area contributed by atoms with Crippen molar-refractivity contribution in [2.75, 3.05) is 12.4 Å². The summed E-state index contributed by atoms with van der Waals surface area (Å²) in [5, 5.41) is 6.29. The number of halogens is 2. The fourth-order valence-corrected chi connectivity index (χ4v) is 1.91. The molecule has 0 aliphatic carbocycles. The molecule has 2 rings (SSSR count). The number of benzene rings is 1. The van der Waals surface area contributed by atoms with E-state index in [-0.39, 0.29) is 12.5 Å². The second-order valence-corrected chi connectivity index (χ2v) is 5.14. The van der Waals surface area contributed by atoms with Crippen molar-refractivity contribution in [1.82, 2.24) is 10.1 Å². The predicted molar refractivity (Wildman–Crippen MR) is 77.2 cm³/mol. The molecule has 0 spiro atoms. The van der Waals surface area contributed by atoms with Crippen LogP contribution >= 0.6 is 0 Å². The number of hydrogen-bond donors (Lipinski definition) is 1. The van der Waals surface area contributed by atoms with Gasteiger partial charge in [0.25, 0.3) is 0 Å². The van der Waals surface area contributed by atoms with E-state index in [0.717, 1.165) is 6.07 Å². The Bertz CT molecular complexity index is 673. The predicted octanol–water partition coefficient (Wildman–Crippen LogP) is 2.72. The number of carbonyl (C=O) groups excluding carboxylic acids is 1. The van der Waals surface area contributed by atoms with Crippen LogP contribution in [0.1, 0.15) is 18.2 Å². The highest BCUT2D eigenvalue weighted by molar-refractivity contribution is 5.93. The second-order valence-electron chi connectivity index (χ2n) is 5.14. The van der Waals surface area contributed by atoms with E-state index >= 15 is 0 Å². The van der Waals surface area contributed by atoms with Crippen molar-refractivity contribution in [3.63, 3.8) is 0 Å². The van der Waals surface area contributed by atoms with E-state index in [0.29, 0.717) is 17.1 Å². The Hall–Kier alpha value is -2.28. The lowest BCUT2D eigenvalue weighted by Crippen LogP contribution is -2.39. The molecule has 0 fully saturated rings. The zero-order valence-corrected chi connectivity index (χ0v) is 12.6. The van der Waals surface area contributed by atoms with Crippen LogP contribution in [0.2, 0.25) is 0 Å². The van der Waals surface area contributed by atoms with Crippen molar-refractivity contribution in [2.24, 2.45) is 0 Å². The summed E-state index contributed by atoms with van der Waals surface area (Å²) >= 11 is 0. The topological polar surface area (TPSA) is 58.4 Å². The SMILES string of the molecule is Cc1cc(NC(=O)C(C)N(C)Cc2ccc(F)cc2F)no1. The van der Waals surface area contributed by atoms with Crippen molar-refractivity contribution < 1.29 is 18.1 Å². The first-order chi connectivity index (χ1) is 10.4. The third kappa shape index (κ3) is 3.88. The highest BCUT2D eigenvalue weighted by Crippen LogP contribution is 2.14. The van der Waals surface area contributed by atoms with Gasteiger partial charge in [0.15, 0.2) is 5.82 Å². The maximum atomic E-state index is 13.6. The summed E-state index contributed by atoms with van der Waals surface area (Å²) in [7, 11) is 1.68. The van der Waals surface area contributed by atoms with Gasteiger partial charge in [0.1, 0.15) is 17.4 Å². The van der Waals surface area contributed by atoms with Crippen molar-refractivity contribution in [3.05, 3.63) is 47.2 Å². The summed E-state index contributed by atoms with van der Waals surface area (Å²) in [5.74, 6) is -0.638. The van der Waals surface area contributed by atoms with E-state index in [1.807, 2.05) is 0 Å². The van der Waals surface area contributed by atoms with Gasteiger partial charge in [-0.15, -0.1) is 0 Å². The summed E-state index contributed by atoms with van der Waals surface area (Å²) < 4.78 is 31.4. The molecular formula is C15H17F2N3O2. The molecule has 118 valence electrons. The number of anilines is 1. The van der Waals surface area contributed by atoms with Crippen LogP contribution in [0.5, 0.6) is 0 Å². The van der Waals surface area contributed by atoms with Crippen molar-refractivity contribution in [1.29, 1.82) is 0 Å². The molecule has 1 atom stereocenters. The molecule has 1 unspecified atom stereocenters. The lowest BCUT2D eigenvalue weighted by molar-refractivity contribution is -0.120. The van der Waals surface area contributed by atoms with Gasteiger partial charge in [-0.05, 0) is 27.0 Å². The molecule has 1 aromatic carbocycles. The standard InChI is InChI=1S/C15H17F2N3O2/c1-9-6-14(19-22-9)18-15(21)10(2)20(3)8-11-4-5-12(16)7-13(11)17/h4-7,10H,8H2,1-3H3,(H,18,19,21). The fraction of sp³-hybridized carbons (Fsp3) is 0.333. The highest BCUT2D eigenvalue weighted by Gasteiger charge is 2.20. The Morgan fingerprint density at radius 1 is 1.41 bits per heavy atom. The number of likely N-dealkylation sites (N-methyl/N-ethyl adjacent to an activating group) is 1. The van der Waals surface area contributed by atoms with E-state index in [1.165, 1.54) is 12.1 Å². The molecule has 2 aromatic rings. The van der Waals surface area contributed by atoms with Gasteiger partial charge in [-0.1, -0.05) is 11.2 Å². The van der Waals surface area contributed by atoms with Gasteiger partial charge in [-0.25, -0.2) is 8.78 Å². The summed E-state index contributed by atoms with van der Waals surface area (Å²) in [6.45, 7) is 3.58. The van der Waals surface area contributed by atoms with Crippen LogP contribution in [0.15, 0.2) is 28.8 Å². The average Bonchev–Trinajstić information content (AvgIpc) is 2.86. The largest absolute Gasteiger partial charge is 0.360 e. The Kier molecular flexibility index (Phi) is 4.87. The Morgan fingerprint density at radius 3 is 2.73 bits per heavy atom. The Morgan fingerprint density at radius 2 is 2.14 bits per heavy atom. The number of aromatic nitrogens is 1. The lowest BCUT2D eigenvalue weighted by atomic mass is 10.1. The smallest absolute Gasteiger partial charge is 0.242 e. The van der Waals surface area contributed by atoms with E-state index in [4.69, 9.17) is 4.52 Å². The van der Waals surface area contributed by atoms with E-state index < -0.39 is 17.7 Å². The number of carbonyl (C=O) groups is 1.